The number of rotatable bonds is 6. The first kappa shape index (κ1) is 17.3. The van der Waals surface area contributed by atoms with Crippen LogP contribution in [0.5, 0.6) is 0 Å². The monoisotopic (exact) mass is 342 g/mol. The van der Waals surface area contributed by atoms with Gasteiger partial charge in [-0.25, -0.2) is 4.79 Å². The van der Waals surface area contributed by atoms with Crippen molar-refractivity contribution in [1.29, 1.82) is 0 Å². The van der Waals surface area contributed by atoms with Crippen molar-refractivity contribution in [3.8, 4) is 0 Å². The number of benzene rings is 1. The average Bonchev–Trinajstić information content (AvgIpc) is 2.35. The van der Waals surface area contributed by atoms with Crippen LogP contribution in [0, 0.1) is 5.92 Å². The molecule has 1 aromatic rings. The molecule has 1 fully saturated rings. The van der Waals surface area contributed by atoms with Crippen molar-refractivity contribution in [2.45, 2.75) is 38.3 Å². The van der Waals surface area contributed by atoms with Gasteiger partial charge in [-0.1, -0.05) is 30.2 Å². The van der Waals surface area contributed by atoms with Gasteiger partial charge in [-0.2, -0.15) is 0 Å². The van der Waals surface area contributed by atoms with E-state index in [0.29, 0.717) is 16.7 Å². The summed E-state index contributed by atoms with van der Waals surface area (Å²) in [4.78, 5) is 12.2. The van der Waals surface area contributed by atoms with Gasteiger partial charge in [0.1, 0.15) is 0 Å². The SMILES string of the molecule is C[C@H](C[S@](C)=O)NC(=O)N[C@@H](c1ccc(Cl)cc1)C1CCC1. The lowest BCUT2D eigenvalue weighted by Gasteiger charge is -2.35. The number of halogens is 1. The van der Waals surface area contributed by atoms with Gasteiger partial charge in [-0.05, 0) is 43.4 Å². The van der Waals surface area contributed by atoms with E-state index in [-0.39, 0.29) is 18.1 Å². The minimum atomic E-state index is -0.920. The Kier molecular flexibility index (Phi) is 6.26. The molecule has 122 valence electrons. The summed E-state index contributed by atoms with van der Waals surface area (Å²) in [5.74, 6) is 0.935. The van der Waals surface area contributed by atoms with E-state index in [1.807, 2.05) is 31.2 Å². The summed E-state index contributed by atoms with van der Waals surface area (Å²) in [6.45, 7) is 1.86. The second-order valence-corrected chi connectivity index (χ2v) is 7.90. The molecule has 0 bridgehead atoms. The van der Waals surface area contributed by atoms with Crippen LogP contribution < -0.4 is 10.6 Å². The molecular formula is C16H23ClN2O2S. The number of carbonyl (C=O) groups excluding carboxylic acids is 1. The van der Waals surface area contributed by atoms with Gasteiger partial charge >= 0.3 is 6.03 Å². The van der Waals surface area contributed by atoms with Crippen molar-refractivity contribution in [2.24, 2.45) is 5.92 Å². The van der Waals surface area contributed by atoms with Crippen LogP contribution in [-0.4, -0.2) is 28.3 Å². The molecule has 4 nitrogen and oxygen atoms in total. The fraction of sp³-hybridized carbons (Fsp3) is 0.562. The van der Waals surface area contributed by atoms with Gasteiger partial charge in [0.15, 0.2) is 0 Å². The molecule has 0 spiro atoms. The number of urea groups is 1. The van der Waals surface area contributed by atoms with Gasteiger partial charge in [-0.15, -0.1) is 0 Å². The Hall–Kier alpha value is -1.07. The number of carbonyl (C=O) groups is 1. The van der Waals surface area contributed by atoms with Crippen LogP contribution in [0.3, 0.4) is 0 Å². The van der Waals surface area contributed by atoms with Crippen molar-refractivity contribution in [1.82, 2.24) is 10.6 Å². The lowest BCUT2D eigenvalue weighted by atomic mass is 9.77. The zero-order chi connectivity index (χ0) is 16.1. The van der Waals surface area contributed by atoms with Crippen LogP contribution >= 0.6 is 11.6 Å². The molecule has 2 amide bonds. The molecule has 0 saturated heterocycles. The minimum absolute atomic E-state index is 0.00495. The Morgan fingerprint density at radius 3 is 2.45 bits per heavy atom. The van der Waals surface area contributed by atoms with Gasteiger partial charge in [-0.3, -0.25) is 4.21 Å². The van der Waals surface area contributed by atoms with E-state index in [1.165, 1.54) is 6.42 Å². The second kappa shape index (κ2) is 7.97. The standard InChI is InChI=1S/C16H23ClN2O2S/c1-11(10-22(2)21)18-16(20)19-15(12-4-3-5-12)13-6-8-14(17)9-7-13/h6-9,11-12,15H,3-5,10H2,1-2H3,(H2,18,19,20)/t11-,15-,22+/m1/s1. The molecule has 0 aromatic heterocycles. The lowest BCUT2D eigenvalue weighted by Crippen LogP contribution is -2.46. The van der Waals surface area contributed by atoms with Gasteiger partial charge in [0.05, 0.1) is 6.04 Å². The summed E-state index contributed by atoms with van der Waals surface area (Å²) >= 11 is 5.94. The van der Waals surface area contributed by atoms with Crippen molar-refractivity contribution in [3.63, 3.8) is 0 Å². The quantitative estimate of drug-likeness (QED) is 0.833. The highest BCUT2D eigenvalue weighted by atomic mass is 35.5. The van der Waals surface area contributed by atoms with Crippen LogP contribution in [0.25, 0.3) is 0 Å². The molecular weight excluding hydrogens is 320 g/mol. The summed E-state index contributed by atoms with van der Waals surface area (Å²) in [5, 5.41) is 6.62. The first-order valence-electron chi connectivity index (χ1n) is 7.58. The predicted molar refractivity (Wildman–Crippen MR) is 91.6 cm³/mol. The zero-order valence-corrected chi connectivity index (χ0v) is 14.5. The highest BCUT2D eigenvalue weighted by Crippen LogP contribution is 2.37. The van der Waals surface area contributed by atoms with E-state index in [0.717, 1.165) is 18.4 Å². The topological polar surface area (TPSA) is 58.2 Å². The molecule has 1 saturated carbocycles. The third-order valence-electron chi connectivity index (χ3n) is 4.00. The van der Waals surface area contributed by atoms with Crippen LogP contribution in [0.2, 0.25) is 5.02 Å². The molecule has 1 aliphatic carbocycles. The Morgan fingerprint density at radius 2 is 1.95 bits per heavy atom. The molecule has 2 rings (SSSR count). The fourth-order valence-electron chi connectivity index (χ4n) is 2.72. The van der Waals surface area contributed by atoms with Gasteiger partial charge < -0.3 is 10.6 Å². The van der Waals surface area contributed by atoms with E-state index in [2.05, 4.69) is 10.6 Å². The number of nitrogens with one attached hydrogen (secondary N) is 2. The maximum atomic E-state index is 12.2. The first-order valence-corrected chi connectivity index (χ1v) is 9.68. The summed E-state index contributed by atoms with van der Waals surface area (Å²) in [6.07, 6.45) is 5.11. The molecule has 6 heteroatoms. The first-order chi connectivity index (χ1) is 10.5. The van der Waals surface area contributed by atoms with Crippen LogP contribution in [0.1, 0.15) is 37.8 Å². The lowest BCUT2D eigenvalue weighted by molar-refractivity contribution is 0.206. The van der Waals surface area contributed by atoms with E-state index in [9.17, 15) is 9.00 Å². The van der Waals surface area contributed by atoms with E-state index in [4.69, 9.17) is 11.6 Å². The van der Waals surface area contributed by atoms with E-state index in [1.54, 1.807) is 6.26 Å². The average molecular weight is 343 g/mol. The van der Waals surface area contributed by atoms with Crippen LogP contribution in [-0.2, 0) is 10.8 Å². The maximum Gasteiger partial charge on any atom is 0.315 e. The number of amides is 2. The highest BCUT2D eigenvalue weighted by Gasteiger charge is 2.30. The molecule has 0 heterocycles. The molecule has 2 N–H and O–H groups in total. The Bertz CT molecular complexity index is 531. The van der Waals surface area contributed by atoms with Gasteiger partial charge in [0.2, 0.25) is 0 Å². The van der Waals surface area contributed by atoms with E-state index < -0.39 is 10.8 Å². The summed E-state index contributed by atoms with van der Waals surface area (Å²) in [6, 6.07) is 7.33. The van der Waals surface area contributed by atoms with E-state index >= 15 is 0 Å². The molecule has 0 unspecified atom stereocenters. The summed E-state index contributed by atoms with van der Waals surface area (Å²) in [7, 11) is -0.920. The molecule has 1 aromatic carbocycles. The van der Waals surface area contributed by atoms with Crippen molar-refractivity contribution >= 4 is 28.4 Å². The molecule has 0 aliphatic heterocycles. The molecule has 3 atom stereocenters. The predicted octanol–water partition coefficient (Wildman–Crippen LogP) is 3.25. The van der Waals surface area contributed by atoms with Crippen LogP contribution in [0.4, 0.5) is 4.79 Å². The van der Waals surface area contributed by atoms with Crippen molar-refractivity contribution in [3.05, 3.63) is 34.9 Å². The Balaban J connectivity index is 1.99. The molecule has 22 heavy (non-hydrogen) atoms. The third kappa shape index (κ3) is 4.99. The normalized spacial score (nSPS) is 18.9. The third-order valence-corrected chi connectivity index (χ3v) is 5.22. The second-order valence-electron chi connectivity index (χ2n) is 5.98. The Labute approximate surface area is 139 Å². The highest BCUT2D eigenvalue weighted by molar-refractivity contribution is 7.84. The minimum Gasteiger partial charge on any atom is -0.335 e. The largest absolute Gasteiger partial charge is 0.335 e. The fourth-order valence-corrected chi connectivity index (χ4v) is 3.63. The van der Waals surface area contributed by atoms with Crippen molar-refractivity contribution < 1.29 is 9.00 Å². The summed E-state index contributed by atoms with van der Waals surface area (Å²) in [5.41, 5.74) is 1.08. The number of hydrogen-bond acceptors (Lipinski definition) is 2. The maximum absolute atomic E-state index is 12.2. The molecule has 0 radical (unpaired) electrons. The van der Waals surface area contributed by atoms with Crippen LogP contribution in [0.15, 0.2) is 24.3 Å². The Morgan fingerprint density at radius 1 is 1.32 bits per heavy atom. The smallest absolute Gasteiger partial charge is 0.315 e. The molecule has 1 aliphatic rings. The summed E-state index contributed by atoms with van der Waals surface area (Å²) < 4.78 is 11.2. The van der Waals surface area contributed by atoms with Crippen molar-refractivity contribution in [2.75, 3.05) is 12.0 Å². The zero-order valence-electron chi connectivity index (χ0n) is 13.0. The number of hydrogen-bond donors (Lipinski definition) is 2. The van der Waals surface area contributed by atoms with Gasteiger partial charge in [0.25, 0.3) is 0 Å². The van der Waals surface area contributed by atoms with Gasteiger partial charge in [0, 0.05) is 33.9 Å².